The van der Waals surface area contributed by atoms with E-state index in [9.17, 15) is 4.79 Å². The number of rotatable bonds is 3. The molecule has 1 aliphatic carbocycles. The predicted octanol–water partition coefficient (Wildman–Crippen LogP) is 1.70. The summed E-state index contributed by atoms with van der Waals surface area (Å²) >= 11 is 0. The van der Waals surface area contributed by atoms with Gasteiger partial charge in [-0.1, -0.05) is 19.1 Å². The first-order valence-corrected chi connectivity index (χ1v) is 5.73. The number of benzene rings is 1. The van der Waals surface area contributed by atoms with Gasteiger partial charge in [0.15, 0.2) is 0 Å². The minimum absolute atomic E-state index is 0.0248. The van der Waals surface area contributed by atoms with Crippen molar-refractivity contribution in [1.29, 1.82) is 0 Å². The van der Waals surface area contributed by atoms with Crippen LogP contribution in [0.25, 0.3) is 0 Å². The highest BCUT2D eigenvalue weighted by Gasteiger charge is 2.47. The molecule has 1 aromatic rings. The van der Waals surface area contributed by atoms with Crippen molar-refractivity contribution in [2.45, 2.75) is 31.7 Å². The molecular formula is C13H18N2O. The maximum absolute atomic E-state index is 12.0. The van der Waals surface area contributed by atoms with Crippen LogP contribution in [0.5, 0.6) is 0 Å². The van der Waals surface area contributed by atoms with Crippen molar-refractivity contribution in [2.75, 3.05) is 11.9 Å². The van der Waals surface area contributed by atoms with Crippen molar-refractivity contribution in [3.63, 3.8) is 0 Å². The number of amides is 1. The lowest BCUT2D eigenvalue weighted by atomic mass is 10.1. The molecule has 1 amide bonds. The van der Waals surface area contributed by atoms with E-state index in [0.717, 1.165) is 24.9 Å². The molecule has 0 bridgehead atoms. The number of hydrogen-bond donors (Lipinski definition) is 1. The van der Waals surface area contributed by atoms with Crippen LogP contribution in [-0.4, -0.2) is 18.5 Å². The highest BCUT2D eigenvalue weighted by molar-refractivity contribution is 6.01. The van der Waals surface area contributed by atoms with E-state index in [1.165, 1.54) is 5.56 Å². The zero-order chi connectivity index (χ0) is 11.8. The van der Waals surface area contributed by atoms with Crippen molar-refractivity contribution in [2.24, 2.45) is 5.73 Å². The molecule has 1 aliphatic rings. The van der Waals surface area contributed by atoms with Crippen molar-refractivity contribution >= 4 is 11.6 Å². The smallest absolute Gasteiger partial charge is 0.246 e. The predicted molar refractivity (Wildman–Crippen MR) is 65.4 cm³/mol. The van der Waals surface area contributed by atoms with Gasteiger partial charge in [0.25, 0.3) is 0 Å². The Hall–Kier alpha value is -1.35. The third-order valence-corrected chi connectivity index (χ3v) is 3.25. The largest absolute Gasteiger partial charge is 0.317 e. The van der Waals surface area contributed by atoms with Gasteiger partial charge in [-0.25, -0.2) is 0 Å². The van der Waals surface area contributed by atoms with Crippen LogP contribution in [0.3, 0.4) is 0 Å². The molecule has 0 saturated heterocycles. The Kier molecular flexibility index (Phi) is 2.72. The molecule has 3 nitrogen and oxygen atoms in total. The molecule has 2 rings (SSSR count). The lowest BCUT2D eigenvalue weighted by molar-refractivity contribution is -0.120. The van der Waals surface area contributed by atoms with Gasteiger partial charge in [-0.3, -0.25) is 4.79 Å². The van der Waals surface area contributed by atoms with E-state index in [-0.39, 0.29) is 5.91 Å². The lowest BCUT2D eigenvalue weighted by Crippen LogP contribution is -2.43. The van der Waals surface area contributed by atoms with E-state index in [4.69, 9.17) is 5.73 Å². The first-order chi connectivity index (χ1) is 7.57. The van der Waals surface area contributed by atoms with Crippen LogP contribution in [0, 0.1) is 0 Å². The van der Waals surface area contributed by atoms with Gasteiger partial charge < -0.3 is 10.6 Å². The van der Waals surface area contributed by atoms with Crippen molar-refractivity contribution in [3.8, 4) is 0 Å². The van der Waals surface area contributed by atoms with Gasteiger partial charge in [0, 0.05) is 12.7 Å². The van der Waals surface area contributed by atoms with Crippen LogP contribution < -0.4 is 10.6 Å². The monoisotopic (exact) mass is 218 g/mol. The molecule has 0 atom stereocenters. The van der Waals surface area contributed by atoms with Crippen LogP contribution >= 0.6 is 0 Å². The number of nitrogens with zero attached hydrogens (tertiary/aromatic N) is 1. The molecule has 1 saturated carbocycles. The van der Waals surface area contributed by atoms with Gasteiger partial charge in [-0.2, -0.15) is 0 Å². The Labute approximate surface area is 96.2 Å². The van der Waals surface area contributed by atoms with Crippen LogP contribution in [0.15, 0.2) is 24.3 Å². The van der Waals surface area contributed by atoms with Crippen LogP contribution in [0.2, 0.25) is 0 Å². The van der Waals surface area contributed by atoms with Crippen molar-refractivity contribution < 1.29 is 4.79 Å². The molecule has 0 aliphatic heterocycles. The average molecular weight is 218 g/mol. The molecular weight excluding hydrogens is 200 g/mol. The summed E-state index contributed by atoms with van der Waals surface area (Å²) in [6.07, 6.45) is 2.63. The maximum atomic E-state index is 12.0. The fraction of sp³-hybridized carbons (Fsp3) is 0.462. The summed E-state index contributed by atoms with van der Waals surface area (Å²) in [6.45, 7) is 2.11. The van der Waals surface area contributed by atoms with E-state index in [1.807, 2.05) is 12.1 Å². The summed E-state index contributed by atoms with van der Waals surface area (Å²) in [5, 5.41) is 0. The molecule has 2 N–H and O–H groups in total. The number of likely N-dealkylation sites (N-methyl/N-ethyl adjacent to an activating group) is 1. The van der Waals surface area contributed by atoms with Crippen LogP contribution in [-0.2, 0) is 11.2 Å². The fourth-order valence-electron chi connectivity index (χ4n) is 1.76. The molecule has 16 heavy (non-hydrogen) atoms. The summed E-state index contributed by atoms with van der Waals surface area (Å²) in [4.78, 5) is 13.6. The number of anilines is 1. The third-order valence-electron chi connectivity index (χ3n) is 3.25. The molecule has 0 unspecified atom stereocenters. The second kappa shape index (κ2) is 3.91. The van der Waals surface area contributed by atoms with E-state index in [2.05, 4.69) is 19.1 Å². The lowest BCUT2D eigenvalue weighted by Gasteiger charge is -2.21. The van der Waals surface area contributed by atoms with E-state index in [1.54, 1.807) is 11.9 Å². The molecule has 0 aromatic heterocycles. The highest BCUT2D eigenvalue weighted by Crippen LogP contribution is 2.35. The van der Waals surface area contributed by atoms with Gasteiger partial charge in [0.2, 0.25) is 5.91 Å². The zero-order valence-electron chi connectivity index (χ0n) is 9.86. The van der Waals surface area contributed by atoms with Gasteiger partial charge in [0.1, 0.15) is 0 Å². The third kappa shape index (κ3) is 1.95. The average Bonchev–Trinajstić information content (AvgIpc) is 3.07. The first kappa shape index (κ1) is 11.1. The highest BCUT2D eigenvalue weighted by atomic mass is 16.2. The number of carbonyl (C=O) groups excluding carboxylic acids is 1. The Morgan fingerprint density at radius 2 is 1.94 bits per heavy atom. The van der Waals surface area contributed by atoms with Crippen molar-refractivity contribution in [3.05, 3.63) is 29.8 Å². The van der Waals surface area contributed by atoms with Gasteiger partial charge in [-0.15, -0.1) is 0 Å². The van der Waals surface area contributed by atoms with Gasteiger partial charge in [0.05, 0.1) is 5.54 Å². The second-order valence-electron chi connectivity index (χ2n) is 4.54. The van der Waals surface area contributed by atoms with Crippen LogP contribution in [0.1, 0.15) is 25.3 Å². The van der Waals surface area contributed by atoms with Gasteiger partial charge in [-0.05, 0) is 37.0 Å². The summed E-state index contributed by atoms with van der Waals surface area (Å²) < 4.78 is 0. The van der Waals surface area contributed by atoms with Gasteiger partial charge >= 0.3 is 0 Å². The summed E-state index contributed by atoms with van der Waals surface area (Å²) in [5.74, 6) is 0.0248. The molecule has 3 heteroatoms. The fourth-order valence-corrected chi connectivity index (χ4v) is 1.76. The molecule has 0 radical (unpaired) electrons. The molecule has 0 spiro atoms. The topological polar surface area (TPSA) is 46.3 Å². The Morgan fingerprint density at radius 3 is 2.38 bits per heavy atom. The molecule has 0 heterocycles. The van der Waals surface area contributed by atoms with Crippen LogP contribution in [0.4, 0.5) is 5.69 Å². The standard InChI is InChI=1S/C13H18N2O/c1-3-10-4-6-11(7-5-10)15(2)12(16)13(14)8-9-13/h4-7H,3,8-9,14H2,1-2H3. The Morgan fingerprint density at radius 1 is 1.38 bits per heavy atom. The van der Waals surface area contributed by atoms with E-state index < -0.39 is 5.54 Å². The Balaban J connectivity index is 2.14. The minimum atomic E-state index is -0.585. The number of carbonyl (C=O) groups is 1. The quantitative estimate of drug-likeness (QED) is 0.839. The summed E-state index contributed by atoms with van der Waals surface area (Å²) in [5.41, 5.74) is 7.50. The molecule has 86 valence electrons. The Bertz CT molecular complexity index is 393. The normalized spacial score (nSPS) is 16.9. The maximum Gasteiger partial charge on any atom is 0.246 e. The molecule has 1 fully saturated rings. The number of hydrogen-bond acceptors (Lipinski definition) is 2. The summed E-state index contributed by atoms with van der Waals surface area (Å²) in [7, 11) is 1.79. The minimum Gasteiger partial charge on any atom is -0.317 e. The SMILES string of the molecule is CCc1ccc(N(C)C(=O)C2(N)CC2)cc1. The zero-order valence-corrected chi connectivity index (χ0v) is 9.86. The number of nitrogens with two attached hydrogens (primary N) is 1. The molecule has 1 aromatic carbocycles. The summed E-state index contributed by atoms with van der Waals surface area (Å²) in [6, 6.07) is 8.05. The first-order valence-electron chi connectivity index (χ1n) is 5.73. The van der Waals surface area contributed by atoms with E-state index >= 15 is 0 Å². The second-order valence-corrected chi connectivity index (χ2v) is 4.54. The van der Waals surface area contributed by atoms with Crippen molar-refractivity contribution in [1.82, 2.24) is 0 Å². The number of aryl methyl sites for hydroxylation is 1. The van der Waals surface area contributed by atoms with E-state index in [0.29, 0.717) is 0 Å².